The van der Waals surface area contributed by atoms with Crippen LogP contribution in [-0.2, 0) is 6.42 Å². The number of aliphatic hydroxyl groups is 1. The molecular weight excluding hydrogens is 270 g/mol. The summed E-state index contributed by atoms with van der Waals surface area (Å²) in [6.45, 7) is 1.89. The van der Waals surface area contributed by atoms with Crippen molar-refractivity contribution in [3.8, 4) is 0 Å². The van der Waals surface area contributed by atoms with Gasteiger partial charge in [-0.1, -0.05) is 29.8 Å². The van der Waals surface area contributed by atoms with E-state index >= 15 is 0 Å². The van der Waals surface area contributed by atoms with Crippen molar-refractivity contribution in [1.82, 2.24) is 0 Å². The fraction of sp³-hybridized carbons (Fsp3) is 0.200. The topological polar surface area (TPSA) is 20.2 Å². The van der Waals surface area contributed by atoms with Gasteiger partial charge < -0.3 is 5.11 Å². The van der Waals surface area contributed by atoms with Gasteiger partial charge >= 0.3 is 0 Å². The summed E-state index contributed by atoms with van der Waals surface area (Å²) in [6.07, 6.45) is -1.20. The van der Waals surface area contributed by atoms with E-state index in [1.807, 2.05) is 13.0 Å². The zero-order valence-electron chi connectivity index (χ0n) is 10.3. The Balaban J connectivity index is 2.28. The third kappa shape index (κ3) is 3.11. The van der Waals surface area contributed by atoms with Gasteiger partial charge in [0.05, 0.1) is 11.7 Å². The Bertz CT molecular complexity index is 578. The molecule has 0 saturated carbocycles. The number of halogens is 3. The normalized spacial score (nSPS) is 12.5. The standard InChI is InChI=1S/C15H13ClF2O/c1-9-5-6-10(11(16)7-9)8-14(19)15-12(17)3-2-4-13(15)18/h2-7,14,19H,8H2,1H3. The largest absolute Gasteiger partial charge is 0.388 e. The van der Waals surface area contributed by atoms with E-state index in [9.17, 15) is 13.9 Å². The first-order chi connectivity index (χ1) is 8.99. The van der Waals surface area contributed by atoms with Gasteiger partial charge in [-0.05, 0) is 36.2 Å². The highest BCUT2D eigenvalue weighted by Crippen LogP contribution is 2.27. The molecule has 0 amide bonds. The average Bonchev–Trinajstić information content (AvgIpc) is 2.32. The highest BCUT2D eigenvalue weighted by atomic mass is 35.5. The molecule has 2 aromatic carbocycles. The Morgan fingerprint density at radius 3 is 2.37 bits per heavy atom. The molecule has 0 aliphatic rings. The van der Waals surface area contributed by atoms with Crippen molar-refractivity contribution in [2.45, 2.75) is 19.4 Å². The van der Waals surface area contributed by atoms with E-state index < -0.39 is 17.7 Å². The van der Waals surface area contributed by atoms with Gasteiger partial charge in [-0.2, -0.15) is 0 Å². The number of hydrogen-bond acceptors (Lipinski definition) is 1. The van der Waals surface area contributed by atoms with Gasteiger partial charge in [0, 0.05) is 11.4 Å². The molecule has 2 rings (SSSR count). The maximum absolute atomic E-state index is 13.5. The van der Waals surface area contributed by atoms with Gasteiger partial charge in [-0.15, -0.1) is 0 Å². The monoisotopic (exact) mass is 282 g/mol. The molecule has 1 N–H and O–H groups in total. The SMILES string of the molecule is Cc1ccc(CC(O)c2c(F)cccc2F)c(Cl)c1. The highest BCUT2D eigenvalue weighted by molar-refractivity contribution is 6.31. The Kier molecular flexibility index (Phi) is 4.17. The molecule has 0 aliphatic heterocycles. The zero-order chi connectivity index (χ0) is 14.0. The molecule has 1 unspecified atom stereocenters. The van der Waals surface area contributed by atoms with Crippen LogP contribution in [0.2, 0.25) is 5.02 Å². The van der Waals surface area contributed by atoms with Gasteiger partial charge in [0.25, 0.3) is 0 Å². The molecule has 0 bridgehead atoms. The van der Waals surface area contributed by atoms with Crippen LogP contribution in [0, 0.1) is 18.6 Å². The molecule has 19 heavy (non-hydrogen) atoms. The lowest BCUT2D eigenvalue weighted by Crippen LogP contribution is -2.07. The molecule has 2 aromatic rings. The molecule has 1 atom stereocenters. The molecule has 1 nitrogen and oxygen atoms in total. The second-order valence-corrected chi connectivity index (χ2v) is 4.86. The number of benzene rings is 2. The molecule has 4 heteroatoms. The summed E-state index contributed by atoms with van der Waals surface area (Å²) in [5.74, 6) is -1.51. The predicted molar refractivity (Wildman–Crippen MR) is 71.2 cm³/mol. The van der Waals surface area contributed by atoms with Crippen molar-refractivity contribution in [1.29, 1.82) is 0 Å². The van der Waals surface area contributed by atoms with Crippen LogP contribution in [0.4, 0.5) is 8.78 Å². The lowest BCUT2D eigenvalue weighted by Gasteiger charge is -2.14. The minimum absolute atomic E-state index is 0.0664. The van der Waals surface area contributed by atoms with Crippen LogP contribution < -0.4 is 0 Å². The lowest BCUT2D eigenvalue weighted by atomic mass is 9.99. The van der Waals surface area contributed by atoms with Crippen LogP contribution in [0.5, 0.6) is 0 Å². The van der Waals surface area contributed by atoms with Crippen molar-refractivity contribution in [3.05, 3.63) is 69.7 Å². The Hall–Kier alpha value is -1.45. The molecule has 0 spiro atoms. The number of rotatable bonds is 3. The Morgan fingerprint density at radius 2 is 1.79 bits per heavy atom. The first-order valence-electron chi connectivity index (χ1n) is 5.86. The van der Waals surface area contributed by atoms with Gasteiger partial charge in [-0.25, -0.2) is 8.78 Å². The minimum Gasteiger partial charge on any atom is -0.388 e. The predicted octanol–water partition coefficient (Wildman–Crippen LogP) is 4.20. The molecule has 100 valence electrons. The molecule has 0 radical (unpaired) electrons. The van der Waals surface area contributed by atoms with Gasteiger partial charge in [0.2, 0.25) is 0 Å². The summed E-state index contributed by atoms with van der Waals surface area (Å²) in [6, 6.07) is 8.85. The Labute approximate surface area is 115 Å². The highest BCUT2D eigenvalue weighted by Gasteiger charge is 2.19. The maximum Gasteiger partial charge on any atom is 0.131 e. The summed E-state index contributed by atoms with van der Waals surface area (Å²) in [5.41, 5.74) is 1.32. The lowest BCUT2D eigenvalue weighted by molar-refractivity contribution is 0.168. The zero-order valence-corrected chi connectivity index (χ0v) is 11.1. The molecular formula is C15H13ClF2O. The maximum atomic E-state index is 13.5. The van der Waals surface area contributed by atoms with E-state index in [-0.39, 0.29) is 12.0 Å². The van der Waals surface area contributed by atoms with Crippen LogP contribution in [-0.4, -0.2) is 5.11 Å². The van der Waals surface area contributed by atoms with Crippen molar-refractivity contribution in [3.63, 3.8) is 0 Å². The van der Waals surface area contributed by atoms with Gasteiger partial charge in [-0.3, -0.25) is 0 Å². The van der Waals surface area contributed by atoms with E-state index in [1.165, 1.54) is 6.07 Å². The second-order valence-electron chi connectivity index (χ2n) is 4.45. The quantitative estimate of drug-likeness (QED) is 0.894. The minimum atomic E-state index is -1.26. The molecule has 0 aliphatic carbocycles. The number of aliphatic hydroxyl groups excluding tert-OH is 1. The van der Waals surface area contributed by atoms with Crippen molar-refractivity contribution < 1.29 is 13.9 Å². The number of hydrogen-bond donors (Lipinski definition) is 1. The number of aryl methyl sites for hydroxylation is 1. The Morgan fingerprint density at radius 1 is 1.16 bits per heavy atom. The van der Waals surface area contributed by atoms with E-state index in [0.717, 1.165) is 17.7 Å². The van der Waals surface area contributed by atoms with Gasteiger partial charge in [0.15, 0.2) is 0 Å². The van der Waals surface area contributed by atoms with Gasteiger partial charge in [0.1, 0.15) is 11.6 Å². The first-order valence-corrected chi connectivity index (χ1v) is 6.24. The van der Waals surface area contributed by atoms with Crippen molar-refractivity contribution in [2.24, 2.45) is 0 Å². The average molecular weight is 283 g/mol. The smallest absolute Gasteiger partial charge is 0.131 e. The molecule has 0 aromatic heterocycles. The summed E-state index contributed by atoms with van der Waals surface area (Å²) >= 11 is 6.04. The van der Waals surface area contributed by atoms with Crippen molar-refractivity contribution >= 4 is 11.6 Å². The fourth-order valence-electron chi connectivity index (χ4n) is 1.96. The van der Waals surface area contributed by atoms with Crippen LogP contribution in [0.1, 0.15) is 22.8 Å². The second kappa shape index (κ2) is 5.68. The van der Waals surface area contributed by atoms with Crippen LogP contribution in [0.3, 0.4) is 0 Å². The summed E-state index contributed by atoms with van der Waals surface area (Å²) in [5, 5.41) is 10.5. The first kappa shape index (κ1) is 14.0. The molecule has 0 heterocycles. The summed E-state index contributed by atoms with van der Waals surface area (Å²) < 4.78 is 27.1. The van der Waals surface area contributed by atoms with Crippen LogP contribution in [0.15, 0.2) is 36.4 Å². The third-order valence-electron chi connectivity index (χ3n) is 2.95. The van der Waals surface area contributed by atoms with Crippen LogP contribution in [0.25, 0.3) is 0 Å². The third-order valence-corrected chi connectivity index (χ3v) is 3.31. The summed E-state index contributed by atoms with van der Waals surface area (Å²) in [4.78, 5) is 0. The van der Waals surface area contributed by atoms with E-state index in [0.29, 0.717) is 10.6 Å². The summed E-state index contributed by atoms with van der Waals surface area (Å²) in [7, 11) is 0. The molecule has 0 saturated heterocycles. The van der Waals surface area contributed by atoms with Crippen molar-refractivity contribution in [2.75, 3.05) is 0 Å². The molecule has 0 fully saturated rings. The van der Waals surface area contributed by atoms with E-state index in [1.54, 1.807) is 12.1 Å². The van der Waals surface area contributed by atoms with Crippen LogP contribution >= 0.6 is 11.6 Å². The fourth-order valence-corrected chi connectivity index (χ4v) is 2.27. The van der Waals surface area contributed by atoms with E-state index in [2.05, 4.69) is 0 Å². The van der Waals surface area contributed by atoms with E-state index in [4.69, 9.17) is 11.6 Å².